The van der Waals surface area contributed by atoms with E-state index in [1.54, 1.807) is 6.92 Å². The SMILES string of the molecule is C[C@H](C(=O)O)C1(N)CCCCC1. The second-order valence-corrected chi connectivity index (χ2v) is 3.85. The van der Waals surface area contributed by atoms with Crippen LogP contribution < -0.4 is 5.73 Å². The van der Waals surface area contributed by atoms with Gasteiger partial charge in [0.1, 0.15) is 0 Å². The Hall–Kier alpha value is -0.570. The predicted molar refractivity (Wildman–Crippen MR) is 46.8 cm³/mol. The van der Waals surface area contributed by atoms with Gasteiger partial charge >= 0.3 is 5.97 Å². The molecule has 0 heterocycles. The summed E-state index contributed by atoms with van der Waals surface area (Å²) in [7, 11) is 0. The molecule has 1 fully saturated rings. The van der Waals surface area contributed by atoms with Crippen molar-refractivity contribution >= 4 is 5.97 Å². The predicted octanol–water partition coefficient (Wildman–Crippen LogP) is 1.37. The zero-order chi connectivity index (χ0) is 9.19. The van der Waals surface area contributed by atoms with Crippen LogP contribution in [-0.4, -0.2) is 16.6 Å². The van der Waals surface area contributed by atoms with Crippen molar-refractivity contribution in [1.29, 1.82) is 0 Å². The lowest BCUT2D eigenvalue weighted by atomic mass is 9.74. The number of aliphatic carboxylic acids is 1. The Morgan fingerprint density at radius 2 is 1.92 bits per heavy atom. The summed E-state index contributed by atoms with van der Waals surface area (Å²) in [4.78, 5) is 10.7. The summed E-state index contributed by atoms with van der Waals surface area (Å²) in [5.74, 6) is -1.17. The maximum absolute atomic E-state index is 10.7. The molecule has 0 spiro atoms. The molecular formula is C9H17NO2. The van der Waals surface area contributed by atoms with Crippen LogP contribution in [0.1, 0.15) is 39.0 Å². The third kappa shape index (κ3) is 1.78. The Morgan fingerprint density at radius 3 is 2.33 bits per heavy atom. The molecule has 0 amide bonds. The summed E-state index contributed by atoms with van der Waals surface area (Å²) < 4.78 is 0. The number of hydrogen-bond acceptors (Lipinski definition) is 2. The summed E-state index contributed by atoms with van der Waals surface area (Å²) in [5, 5.41) is 8.82. The summed E-state index contributed by atoms with van der Waals surface area (Å²) in [6.45, 7) is 1.72. The highest BCUT2D eigenvalue weighted by atomic mass is 16.4. The number of carboxylic acid groups (broad SMARTS) is 1. The molecule has 0 aromatic heterocycles. The fourth-order valence-electron chi connectivity index (χ4n) is 1.89. The second-order valence-electron chi connectivity index (χ2n) is 3.85. The Kier molecular flexibility index (Phi) is 2.73. The molecule has 1 saturated carbocycles. The molecule has 1 aliphatic carbocycles. The molecule has 70 valence electrons. The van der Waals surface area contributed by atoms with Crippen LogP contribution in [0.5, 0.6) is 0 Å². The van der Waals surface area contributed by atoms with Crippen molar-refractivity contribution in [2.24, 2.45) is 11.7 Å². The van der Waals surface area contributed by atoms with Crippen LogP contribution in [0, 0.1) is 5.92 Å². The van der Waals surface area contributed by atoms with Crippen LogP contribution in [0.4, 0.5) is 0 Å². The number of carbonyl (C=O) groups is 1. The molecule has 0 aliphatic heterocycles. The fraction of sp³-hybridized carbons (Fsp3) is 0.889. The Labute approximate surface area is 72.9 Å². The van der Waals surface area contributed by atoms with E-state index in [2.05, 4.69) is 0 Å². The molecule has 1 aliphatic rings. The van der Waals surface area contributed by atoms with Crippen molar-refractivity contribution in [3.63, 3.8) is 0 Å². The van der Waals surface area contributed by atoms with Gasteiger partial charge in [0, 0.05) is 5.54 Å². The number of hydrogen-bond donors (Lipinski definition) is 2. The van der Waals surface area contributed by atoms with Gasteiger partial charge in [-0.1, -0.05) is 26.2 Å². The summed E-state index contributed by atoms with van der Waals surface area (Å²) in [6.07, 6.45) is 5.08. The third-order valence-corrected chi connectivity index (χ3v) is 3.02. The molecule has 3 N–H and O–H groups in total. The van der Waals surface area contributed by atoms with Gasteiger partial charge in [-0.15, -0.1) is 0 Å². The van der Waals surface area contributed by atoms with E-state index in [-0.39, 0.29) is 0 Å². The van der Waals surface area contributed by atoms with Crippen LogP contribution in [0.3, 0.4) is 0 Å². The van der Waals surface area contributed by atoms with Crippen molar-refractivity contribution < 1.29 is 9.90 Å². The Bertz CT molecular complexity index is 173. The fourth-order valence-corrected chi connectivity index (χ4v) is 1.89. The van der Waals surface area contributed by atoms with E-state index in [1.807, 2.05) is 0 Å². The topological polar surface area (TPSA) is 63.3 Å². The van der Waals surface area contributed by atoms with Crippen molar-refractivity contribution in [3.8, 4) is 0 Å². The molecule has 0 saturated heterocycles. The van der Waals surface area contributed by atoms with Crippen LogP contribution >= 0.6 is 0 Å². The average molecular weight is 171 g/mol. The van der Waals surface area contributed by atoms with Crippen molar-refractivity contribution in [3.05, 3.63) is 0 Å². The molecule has 0 radical (unpaired) electrons. The van der Waals surface area contributed by atoms with Gasteiger partial charge in [0.15, 0.2) is 0 Å². The zero-order valence-corrected chi connectivity index (χ0v) is 7.55. The summed E-state index contributed by atoms with van der Waals surface area (Å²) in [5.41, 5.74) is 5.58. The first-order valence-electron chi connectivity index (χ1n) is 4.58. The summed E-state index contributed by atoms with van der Waals surface area (Å²) in [6, 6.07) is 0. The van der Waals surface area contributed by atoms with Gasteiger partial charge in [-0.3, -0.25) is 4.79 Å². The minimum Gasteiger partial charge on any atom is -0.481 e. The van der Waals surface area contributed by atoms with Crippen molar-refractivity contribution in [2.75, 3.05) is 0 Å². The molecular weight excluding hydrogens is 154 g/mol. The lowest BCUT2D eigenvalue weighted by molar-refractivity contribution is -0.144. The van der Waals surface area contributed by atoms with E-state index in [1.165, 1.54) is 6.42 Å². The van der Waals surface area contributed by atoms with E-state index in [9.17, 15) is 4.79 Å². The Balaban J connectivity index is 2.62. The van der Waals surface area contributed by atoms with Crippen LogP contribution in [0.2, 0.25) is 0 Å². The summed E-state index contributed by atoms with van der Waals surface area (Å²) >= 11 is 0. The number of nitrogens with two attached hydrogens (primary N) is 1. The molecule has 1 atom stereocenters. The van der Waals surface area contributed by atoms with Gasteiger partial charge in [0.2, 0.25) is 0 Å². The van der Waals surface area contributed by atoms with E-state index < -0.39 is 17.4 Å². The highest BCUT2D eigenvalue weighted by Gasteiger charge is 2.37. The molecule has 12 heavy (non-hydrogen) atoms. The van der Waals surface area contributed by atoms with E-state index in [0.29, 0.717) is 0 Å². The molecule has 0 aromatic rings. The van der Waals surface area contributed by atoms with E-state index >= 15 is 0 Å². The van der Waals surface area contributed by atoms with Crippen molar-refractivity contribution in [2.45, 2.75) is 44.6 Å². The highest BCUT2D eigenvalue weighted by Crippen LogP contribution is 2.32. The monoisotopic (exact) mass is 171 g/mol. The second kappa shape index (κ2) is 3.44. The lowest BCUT2D eigenvalue weighted by Crippen LogP contribution is -2.50. The molecule has 0 unspecified atom stereocenters. The van der Waals surface area contributed by atoms with E-state index in [4.69, 9.17) is 10.8 Å². The maximum atomic E-state index is 10.7. The van der Waals surface area contributed by atoms with Gasteiger partial charge in [0.05, 0.1) is 5.92 Å². The third-order valence-electron chi connectivity index (χ3n) is 3.02. The van der Waals surface area contributed by atoms with Gasteiger partial charge in [0.25, 0.3) is 0 Å². The van der Waals surface area contributed by atoms with Gasteiger partial charge < -0.3 is 10.8 Å². The Morgan fingerprint density at radius 1 is 1.42 bits per heavy atom. The lowest BCUT2D eigenvalue weighted by Gasteiger charge is -2.36. The van der Waals surface area contributed by atoms with Gasteiger partial charge in [-0.25, -0.2) is 0 Å². The zero-order valence-electron chi connectivity index (χ0n) is 7.55. The molecule has 1 rings (SSSR count). The first kappa shape index (κ1) is 9.52. The first-order chi connectivity index (χ1) is 5.56. The molecule has 3 nitrogen and oxygen atoms in total. The maximum Gasteiger partial charge on any atom is 0.308 e. The van der Waals surface area contributed by atoms with Crippen LogP contribution in [0.15, 0.2) is 0 Å². The largest absolute Gasteiger partial charge is 0.481 e. The average Bonchev–Trinajstić information content (AvgIpc) is 2.04. The quantitative estimate of drug-likeness (QED) is 0.659. The van der Waals surface area contributed by atoms with Crippen LogP contribution in [-0.2, 0) is 4.79 Å². The van der Waals surface area contributed by atoms with Gasteiger partial charge in [-0.2, -0.15) is 0 Å². The van der Waals surface area contributed by atoms with E-state index in [0.717, 1.165) is 25.7 Å². The minimum atomic E-state index is -0.764. The van der Waals surface area contributed by atoms with Gasteiger partial charge in [-0.05, 0) is 12.8 Å². The standard InChI is InChI=1S/C9H17NO2/c1-7(8(11)12)9(10)5-3-2-4-6-9/h7H,2-6,10H2,1H3,(H,11,12)/t7-/m1/s1. The number of rotatable bonds is 2. The smallest absolute Gasteiger partial charge is 0.308 e. The molecule has 3 heteroatoms. The normalized spacial score (nSPS) is 24.8. The minimum absolute atomic E-state index is 0.405. The molecule has 0 aromatic carbocycles. The molecule has 0 bridgehead atoms. The van der Waals surface area contributed by atoms with Crippen LogP contribution in [0.25, 0.3) is 0 Å². The number of carboxylic acids is 1. The first-order valence-corrected chi connectivity index (χ1v) is 4.58. The van der Waals surface area contributed by atoms with Crippen molar-refractivity contribution in [1.82, 2.24) is 0 Å². The highest BCUT2D eigenvalue weighted by molar-refractivity contribution is 5.71.